The van der Waals surface area contributed by atoms with Gasteiger partial charge in [0.15, 0.2) is 0 Å². The Balaban J connectivity index is 2.19. The zero-order valence-electron chi connectivity index (χ0n) is 12.8. The Bertz CT molecular complexity index is 484. The molecule has 3 unspecified atom stereocenters. The van der Waals surface area contributed by atoms with Gasteiger partial charge in [-0.25, -0.2) is 0 Å². The van der Waals surface area contributed by atoms with Crippen molar-refractivity contribution in [2.75, 3.05) is 20.1 Å². The fourth-order valence-corrected chi connectivity index (χ4v) is 3.16. The van der Waals surface area contributed by atoms with E-state index in [1.165, 1.54) is 0 Å². The van der Waals surface area contributed by atoms with Crippen molar-refractivity contribution >= 4 is 5.91 Å². The maximum absolute atomic E-state index is 12.0. The lowest BCUT2D eigenvalue weighted by Crippen LogP contribution is -2.42. The maximum atomic E-state index is 12.0. The second-order valence-corrected chi connectivity index (χ2v) is 6.11. The zero-order valence-corrected chi connectivity index (χ0v) is 12.8. The molecule has 1 aromatic heterocycles. The number of aromatic nitrogens is 2. The molecule has 1 aliphatic rings. The van der Waals surface area contributed by atoms with Crippen LogP contribution in [0.3, 0.4) is 0 Å². The Morgan fingerprint density at radius 3 is 2.80 bits per heavy atom. The molecule has 0 spiro atoms. The van der Waals surface area contributed by atoms with E-state index in [2.05, 4.69) is 15.3 Å². The van der Waals surface area contributed by atoms with Crippen molar-refractivity contribution < 1.29 is 4.79 Å². The number of carbonyl (C=O) groups is 1. The number of likely N-dealkylation sites (tertiary alicyclic amines) is 1. The summed E-state index contributed by atoms with van der Waals surface area (Å²) >= 11 is 0. The van der Waals surface area contributed by atoms with E-state index in [9.17, 15) is 4.79 Å². The Hall–Kier alpha value is -1.40. The molecule has 6 heteroatoms. The lowest BCUT2D eigenvalue weighted by atomic mass is 9.88. The zero-order chi connectivity index (χ0) is 14.9. The van der Waals surface area contributed by atoms with Crippen LogP contribution in [-0.2, 0) is 11.8 Å². The molecule has 1 aliphatic heterocycles. The minimum atomic E-state index is -0.329. The highest BCUT2D eigenvalue weighted by atomic mass is 16.2. The van der Waals surface area contributed by atoms with Gasteiger partial charge in [-0.05, 0) is 26.8 Å². The fraction of sp³-hybridized carbons (Fsp3) is 0.714. The van der Waals surface area contributed by atoms with Crippen molar-refractivity contribution in [1.29, 1.82) is 0 Å². The summed E-state index contributed by atoms with van der Waals surface area (Å²) < 4.78 is 1.79. The quantitative estimate of drug-likeness (QED) is 0.829. The lowest BCUT2D eigenvalue weighted by Gasteiger charge is -2.31. The maximum Gasteiger partial charge on any atom is 0.227 e. The van der Waals surface area contributed by atoms with Gasteiger partial charge in [-0.1, -0.05) is 0 Å². The first-order valence-corrected chi connectivity index (χ1v) is 7.08. The predicted octanol–water partition coefficient (Wildman–Crippen LogP) is 0.266. The highest BCUT2D eigenvalue weighted by Crippen LogP contribution is 2.36. The topological polar surface area (TPSA) is 76.2 Å². The van der Waals surface area contributed by atoms with E-state index in [0.29, 0.717) is 0 Å². The van der Waals surface area contributed by atoms with Crippen LogP contribution in [0.15, 0.2) is 12.4 Å². The first kappa shape index (κ1) is 15.0. The van der Waals surface area contributed by atoms with Crippen molar-refractivity contribution in [3.8, 4) is 0 Å². The van der Waals surface area contributed by atoms with Gasteiger partial charge in [0, 0.05) is 38.4 Å². The minimum absolute atomic E-state index is 0.00811. The molecule has 3 atom stereocenters. The number of rotatable bonds is 4. The molecule has 3 N–H and O–H groups in total. The van der Waals surface area contributed by atoms with E-state index in [1.54, 1.807) is 11.7 Å². The second kappa shape index (κ2) is 5.54. The molecule has 112 valence electrons. The number of carbonyl (C=O) groups excluding carboxylic acids is 1. The van der Waals surface area contributed by atoms with Crippen molar-refractivity contribution in [1.82, 2.24) is 20.0 Å². The van der Waals surface area contributed by atoms with Crippen molar-refractivity contribution in [3.63, 3.8) is 0 Å². The summed E-state index contributed by atoms with van der Waals surface area (Å²) in [5.41, 5.74) is 6.96. The van der Waals surface area contributed by atoms with Crippen LogP contribution in [0.2, 0.25) is 0 Å². The molecule has 0 saturated carbocycles. The van der Waals surface area contributed by atoms with Crippen LogP contribution in [0.4, 0.5) is 0 Å². The number of nitrogens with two attached hydrogens (primary N) is 1. The van der Waals surface area contributed by atoms with Crippen LogP contribution >= 0.6 is 0 Å². The Kier molecular flexibility index (Phi) is 4.15. The Morgan fingerprint density at radius 2 is 2.30 bits per heavy atom. The molecule has 0 aliphatic carbocycles. The van der Waals surface area contributed by atoms with E-state index < -0.39 is 0 Å². The summed E-state index contributed by atoms with van der Waals surface area (Å²) in [4.78, 5) is 14.3. The summed E-state index contributed by atoms with van der Waals surface area (Å²) in [7, 11) is 3.60. The first-order chi connectivity index (χ1) is 9.37. The van der Waals surface area contributed by atoms with Crippen LogP contribution in [0.1, 0.15) is 31.9 Å². The molecule has 0 aromatic carbocycles. The van der Waals surface area contributed by atoms with Crippen LogP contribution in [0, 0.1) is 5.41 Å². The third-order valence-corrected chi connectivity index (χ3v) is 4.24. The van der Waals surface area contributed by atoms with Crippen molar-refractivity contribution in [3.05, 3.63) is 18.0 Å². The van der Waals surface area contributed by atoms with Crippen LogP contribution < -0.4 is 11.1 Å². The summed E-state index contributed by atoms with van der Waals surface area (Å²) in [6.07, 6.45) is 4.73. The number of aryl methyl sites for hydroxylation is 1. The number of hydrogen-bond acceptors (Lipinski definition) is 4. The number of hydrogen-bond donors (Lipinski definition) is 2. The lowest BCUT2D eigenvalue weighted by molar-refractivity contribution is -0.129. The highest BCUT2D eigenvalue weighted by molar-refractivity contribution is 5.82. The third-order valence-electron chi connectivity index (χ3n) is 4.24. The molecular formula is C14H25N5O. The van der Waals surface area contributed by atoms with Crippen LogP contribution in [-0.4, -0.2) is 46.8 Å². The molecule has 6 nitrogen and oxygen atoms in total. The van der Waals surface area contributed by atoms with E-state index >= 15 is 0 Å². The number of nitrogens with one attached hydrogen (secondary N) is 1. The van der Waals surface area contributed by atoms with E-state index in [-0.39, 0.29) is 23.4 Å². The van der Waals surface area contributed by atoms with Gasteiger partial charge in [0.25, 0.3) is 0 Å². The molecule has 1 aromatic rings. The summed E-state index contributed by atoms with van der Waals surface area (Å²) in [5.74, 6) is 0.106. The molecule has 0 bridgehead atoms. The average Bonchev–Trinajstić information content (AvgIpc) is 2.97. The molecule has 1 amide bonds. The van der Waals surface area contributed by atoms with Crippen LogP contribution in [0.5, 0.6) is 0 Å². The van der Waals surface area contributed by atoms with Gasteiger partial charge in [-0.3, -0.25) is 14.4 Å². The van der Waals surface area contributed by atoms with Crippen molar-refractivity contribution in [2.45, 2.75) is 32.4 Å². The molecule has 2 rings (SSSR count). The average molecular weight is 279 g/mol. The SMILES string of the molecule is CNC(=O)C1(C)CCN(C(c2cnn(C)c2)C(C)N)C1. The first-order valence-electron chi connectivity index (χ1n) is 7.08. The van der Waals surface area contributed by atoms with Crippen molar-refractivity contribution in [2.24, 2.45) is 18.2 Å². The second-order valence-electron chi connectivity index (χ2n) is 6.11. The predicted molar refractivity (Wildman–Crippen MR) is 78.0 cm³/mol. The van der Waals surface area contributed by atoms with Gasteiger partial charge >= 0.3 is 0 Å². The molecule has 2 heterocycles. The molecule has 1 saturated heterocycles. The molecule has 20 heavy (non-hydrogen) atoms. The fourth-order valence-electron chi connectivity index (χ4n) is 3.16. The Morgan fingerprint density at radius 1 is 1.60 bits per heavy atom. The monoisotopic (exact) mass is 279 g/mol. The van der Waals surface area contributed by atoms with E-state index in [1.807, 2.05) is 33.3 Å². The van der Waals surface area contributed by atoms with Gasteiger partial charge < -0.3 is 11.1 Å². The molecule has 0 radical (unpaired) electrons. The van der Waals surface area contributed by atoms with Crippen LogP contribution in [0.25, 0.3) is 0 Å². The normalized spacial score (nSPS) is 26.4. The summed E-state index contributed by atoms with van der Waals surface area (Å²) in [5, 5.41) is 7.00. The largest absolute Gasteiger partial charge is 0.359 e. The van der Waals surface area contributed by atoms with Gasteiger partial charge in [0.1, 0.15) is 0 Å². The minimum Gasteiger partial charge on any atom is -0.359 e. The van der Waals surface area contributed by atoms with E-state index in [0.717, 1.165) is 25.1 Å². The summed E-state index contributed by atoms with van der Waals surface area (Å²) in [6, 6.07) is 0.0985. The summed E-state index contributed by atoms with van der Waals surface area (Å²) in [6.45, 7) is 5.64. The number of nitrogens with zero attached hydrogens (tertiary/aromatic N) is 3. The standard InChI is InChI=1S/C14H25N5O/c1-10(15)12(11-7-17-18(4)8-11)19-6-5-14(2,9-19)13(20)16-3/h7-8,10,12H,5-6,9,15H2,1-4H3,(H,16,20). The van der Waals surface area contributed by atoms with E-state index in [4.69, 9.17) is 5.73 Å². The highest BCUT2D eigenvalue weighted by Gasteiger charge is 2.43. The van der Waals surface area contributed by atoms with Gasteiger partial charge in [0.2, 0.25) is 5.91 Å². The molecule has 1 fully saturated rings. The number of amides is 1. The van der Waals surface area contributed by atoms with Gasteiger partial charge in [-0.2, -0.15) is 5.10 Å². The molecular weight excluding hydrogens is 254 g/mol. The third kappa shape index (κ3) is 2.71. The van der Waals surface area contributed by atoms with Gasteiger partial charge in [-0.15, -0.1) is 0 Å². The smallest absolute Gasteiger partial charge is 0.227 e. The Labute approximate surface area is 120 Å². The van der Waals surface area contributed by atoms with Gasteiger partial charge in [0.05, 0.1) is 17.7 Å².